The molecular weight excluding hydrogens is 302 g/mol. The molecule has 4 rings (SSSR count). The lowest BCUT2D eigenvalue weighted by molar-refractivity contribution is -0.197. The lowest BCUT2D eigenvalue weighted by Gasteiger charge is -2.46. The summed E-state index contributed by atoms with van der Waals surface area (Å²) in [6, 6.07) is 10.4. The van der Waals surface area contributed by atoms with Gasteiger partial charge in [-0.3, -0.25) is 4.79 Å². The standard InChI is InChI=1S/C20H27NO3/c1-16-15-23-20(24-16)10-12-21(13-11-20)18(22)19(8-5-9-19)14-17-6-3-2-4-7-17/h2-4,6-7,16H,5,8-15H2,1H3/t16-/m0/s1. The predicted octanol–water partition coefficient (Wildman–Crippen LogP) is 3.15. The van der Waals surface area contributed by atoms with Crippen LogP contribution in [0, 0.1) is 5.41 Å². The Morgan fingerprint density at radius 1 is 1.17 bits per heavy atom. The van der Waals surface area contributed by atoms with Gasteiger partial charge in [-0.2, -0.15) is 0 Å². The lowest BCUT2D eigenvalue weighted by Crippen LogP contribution is -2.54. The molecule has 0 N–H and O–H groups in total. The van der Waals surface area contributed by atoms with Gasteiger partial charge in [0.25, 0.3) is 0 Å². The molecule has 0 bridgehead atoms. The molecule has 1 amide bonds. The summed E-state index contributed by atoms with van der Waals surface area (Å²) >= 11 is 0. The van der Waals surface area contributed by atoms with Crippen LogP contribution in [0.1, 0.15) is 44.6 Å². The van der Waals surface area contributed by atoms with Crippen LogP contribution in [0.4, 0.5) is 0 Å². The van der Waals surface area contributed by atoms with Crippen molar-refractivity contribution in [1.29, 1.82) is 0 Å². The zero-order valence-electron chi connectivity index (χ0n) is 14.5. The molecule has 4 nitrogen and oxygen atoms in total. The van der Waals surface area contributed by atoms with E-state index in [4.69, 9.17) is 9.47 Å². The van der Waals surface area contributed by atoms with Gasteiger partial charge in [-0.05, 0) is 31.7 Å². The van der Waals surface area contributed by atoms with Crippen molar-refractivity contribution in [2.45, 2.75) is 57.3 Å². The number of benzene rings is 1. The van der Waals surface area contributed by atoms with Gasteiger partial charge in [0, 0.05) is 25.9 Å². The van der Waals surface area contributed by atoms with E-state index in [2.05, 4.69) is 36.1 Å². The second-order valence-electron chi connectivity index (χ2n) is 7.74. The Morgan fingerprint density at radius 3 is 2.42 bits per heavy atom. The van der Waals surface area contributed by atoms with E-state index >= 15 is 0 Å². The first-order valence-corrected chi connectivity index (χ1v) is 9.26. The molecule has 3 fully saturated rings. The molecule has 1 atom stereocenters. The van der Waals surface area contributed by atoms with Crippen LogP contribution in [0.15, 0.2) is 30.3 Å². The van der Waals surface area contributed by atoms with Crippen LogP contribution in [0.5, 0.6) is 0 Å². The van der Waals surface area contributed by atoms with Gasteiger partial charge in [-0.25, -0.2) is 0 Å². The van der Waals surface area contributed by atoms with Gasteiger partial charge in [0.05, 0.1) is 18.1 Å². The van der Waals surface area contributed by atoms with Crippen LogP contribution in [0.2, 0.25) is 0 Å². The van der Waals surface area contributed by atoms with E-state index in [0.717, 1.165) is 45.2 Å². The zero-order chi connectivity index (χ0) is 16.6. The summed E-state index contributed by atoms with van der Waals surface area (Å²) in [7, 11) is 0. The van der Waals surface area contributed by atoms with Crippen molar-refractivity contribution in [2.75, 3.05) is 19.7 Å². The zero-order valence-corrected chi connectivity index (χ0v) is 14.5. The third kappa shape index (κ3) is 2.86. The number of carbonyl (C=O) groups is 1. The summed E-state index contributed by atoms with van der Waals surface area (Å²) in [6.07, 6.45) is 5.84. The molecule has 0 radical (unpaired) electrons. The van der Waals surface area contributed by atoms with Crippen LogP contribution in [-0.2, 0) is 20.7 Å². The van der Waals surface area contributed by atoms with E-state index in [9.17, 15) is 4.79 Å². The molecule has 4 heteroatoms. The molecule has 130 valence electrons. The fourth-order valence-corrected chi connectivity index (χ4v) is 4.41. The van der Waals surface area contributed by atoms with Crippen LogP contribution >= 0.6 is 0 Å². The Labute approximate surface area is 144 Å². The first kappa shape index (κ1) is 16.1. The van der Waals surface area contributed by atoms with Gasteiger partial charge >= 0.3 is 0 Å². The van der Waals surface area contributed by atoms with Gasteiger partial charge in [-0.15, -0.1) is 0 Å². The monoisotopic (exact) mass is 329 g/mol. The van der Waals surface area contributed by atoms with E-state index in [1.54, 1.807) is 0 Å². The summed E-state index contributed by atoms with van der Waals surface area (Å²) in [4.78, 5) is 15.3. The number of piperidine rings is 1. The van der Waals surface area contributed by atoms with Crippen LogP contribution in [0.3, 0.4) is 0 Å². The van der Waals surface area contributed by atoms with Gasteiger partial charge in [-0.1, -0.05) is 36.8 Å². The highest BCUT2D eigenvalue weighted by atomic mass is 16.7. The van der Waals surface area contributed by atoms with E-state index in [1.807, 2.05) is 6.07 Å². The van der Waals surface area contributed by atoms with Crippen molar-refractivity contribution in [3.8, 4) is 0 Å². The maximum Gasteiger partial charge on any atom is 0.229 e. The number of hydrogen-bond acceptors (Lipinski definition) is 3. The first-order valence-electron chi connectivity index (χ1n) is 9.26. The molecule has 2 aliphatic heterocycles. The number of nitrogens with zero attached hydrogens (tertiary/aromatic N) is 1. The highest BCUT2D eigenvalue weighted by Gasteiger charge is 2.49. The van der Waals surface area contributed by atoms with Crippen molar-refractivity contribution in [3.05, 3.63) is 35.9 Å². The summed E-state index contributed by atoms with van der Waals surface area (Å²) in [5.74, 6) is -0.0823. The molecule has 0 unspecified atom stereocenters. The van der Waals surface area contributed by atoms with Crippen LogP contribution < -0.4 is 0 Å². The Kier molecular flexibility index (Phi) is 4.13. The number of ether oxygens (including phenoxy) is 2. The quantitative estimate of drug-likeness (QED) is 0.855. The molecule has 1 aliphatic carbocycles. The molecule has 0 aromatic heterocycles. The third-order valence-corrected chi connectivity index (χ3v) is 5.96. The Hall–Kier alpha value is -1.39. The Morgan fingerprint density at radius 2 is 1.88 bits per heavy atom. The molecule has 24 heavy (non-hydrogen) atoms. The van der Waals surface area contributed by atoms with Gasteiger partial charge in [0.1, 0.15) is 0 Å². The molecule has 2 saturated heterocycles. The minimum atomic E-state index is -0.428. The average Bonchev–Trinajstić information content (AvgIpc) is 2.93. The number of rotatable bonds is 3. The summed E-state index contributed by atoms with van der Waals surface area (Å²) in [5.41, 5.74) is 1.10. The summed E-state index contributed by atoms with van der Waals surface area (Å²) < 4.78 is 11.9. The van der Waals surface area contributed by atoms with Crippen molar-refractivity contribution in [1.82, 2.24) is 4.90 Å². The maximum atomic E-state index is 13.2. The summed E-state index contributed by atoms with van der Waals surface area (Å²) in [5, 5.41) is 0. The number of carbonyl (C=O) groups excluding carboxylic acids is 1. The predicted molar refractivity (Wildman–Crippen MR) is 91.5 cm³/mol. The second-order valence-corrected chi connectivity index (χ2v) is 7.74. The smallest absolute Gasteiger partial charge is 0.229 e. The summed E-state index contributed by atoms with van der Waals surface area (Å²) in [6.45, 7) is 4.23. The fourth-order valence-electron chi connectivity index (χ4n) is 4.41. The van der Waals surface area contributed by atoms with Crippen LogP contribution in [0.25, 0.3) is 0 Å². The van der Waals surface area contributed by atoms with Gasteiger partial charge in [0.2, 0.25) is 5.91 Å². The molecule has 1 spiro atoms. The highest BCUT2D eigenvalue weighted by Crippen LogP contribution is 2.46. The minimum absolute atomic E-state index is 0.170. The topological polar surface area (TPSA) is 38.8 Å². The van der Waals surface area contributed by atoms with Gasteiger partial charge < -0.3 is 14.4 Å². The van der Waals surface area contributed by atoms with Crippen molar-refractivity contribution in [3.63, 3.8) is 0 Å². The molecule has 3 aliphatic rings. The average molecular weight is 329 g/mol. The number of likely N-dealkylation sites (tertiary alicyclic amines) is 1. The van der Waals surface area contributed by atoms with E-state index in [1.165, 1.54) is 12.0 Å². The van der Waals surface area contributed by atoms with E-state index in [0.29, 0.717) is 12.5 Å². The van der Waals surface area contributed by atoms with Crippen molar-refractivity contribution in [2.24, 2.45) is 5.41 Å². The fraction of sp³-hybridized carbons (Fsp3) is 0.650. The molecule has 1 aromatic carbocycles. The number of hydrogen-bond donors (Lipinski definition) is 0. The van der Waals surface area contributed by atoms with E-state index in [-0.39, 0.29) is 11.5 Å². The lowest BCUT2D eigenvalue weighted by atomic mass is 9.64. The molecule has 1 aromatic rings. The molecule has 1 saturated carbocycles. The van der Waals surface area contributed by atoms with Gasteiger partial charge in [0.15, 0.2) is 5.79 Å². The first-order chi connectivity index (χ1) is 11.6. The Balaban J connectivity index is 1.41. The minimum Gasteiger partial charge on any atom is -0.347 e. The van der Waals surface area contributed by atoms with Crippen LogP contribution in [-0.4, -0.2) is 42.4 Å². The normalized spacial score (nSPS) is 27.9. The van der Waals surface area contributed by atoms with Crippen molar-refractivity contribution >= 4 is 5.91 Å². The Bertz CT molecular complexity index is 588. The van der Waals surface area contributed by atoms with E-state index < -0.39 is 5.79 Å². The number of amides is 1. The maximum absolute atomic E-state index is 13.2. The molecule has 2 heterocycles. The second kappa shape index (κ2) is 6.16. The SMILES string of the molecule is C[C@H]1COC2(CCN(C(=O)C3(Cc4ccccc4)CCC3)CC2)O1. The third-order valence-electron chi connectivity index (χ3n) is 5.96. The van der Waals surface area contributed by atoms with Crippen molar-refractivity contribution < 1.29 is 14.3 Å². The highest BCUT2D eigenvalue weighted by molar-refractivity contribution is 5.84. The largest absolute Gasteiger partial charge is 0.347 e. The molecular formula is C20H27NO3.